The second-order valence-corrected chi connectivity index (χ2v) is 7.19. The summed E-state index contributed by atoms with van der Waals surface area (Å²) in [7, 11) is 2.47. The normalized spacial score (nSPS) is 34.7. The lowest BCUT2D eigenvalue weighted by Crippen LogP contribution is -2.41. The van der Waals surface area contributed by atoms with E-state index in [-0.39, 0.29) is 0 Å². The van der Waals surface area contributed by atoms with Crippen molar-refractivity contribution in [1.29, 1.82) is 0 Å². The van der Waals surface area contributed by atoms with Crippen molar-refractivity contribution in [3.63, 3.8) is 0 Å². The molecule has 2 nitrogen and oxygen atoms in total. The molecule has 1 saturated heterocycles. The van der Waals surface area contributed by atoms with Crippen LogP contribution in [-0.2, 0) is 0 Å². The van der Waals surface area contributed by atoms with E-state index in [0.717, 1.165) is 17.8 Å². The predicted octanol–water partition coefficient (Wildman–Crippen LogP) is 3.28. The minimum absolute atomic E-state index is 0.427. The summed E-state index contributed by atoms with van der Waals surface area (Å²) < 4.78 is 0. The fourth-order valence-corrected chi connectivity index (χ4v) is 4.09. The first kappa shape index (κ1) is 14.9. The molecular formula is C16H31BN2. The Morgan fingerprint density at radius 3 is 2.42 bits per heavy atom. The Morgan fingerprint density at radius 1 is 1.11 bits per heavy atom. The lowest BCUT2D eigenvalue weighted by atomic mass is 9.68. The molecule has 0 spiro atoms. The highest BCUT2D eigenvalue weighted by molar-refractivity contribution is 6.12. The quantitative estimate of drug-likeness (QED) is 0.697. The highest BCUT2D eigenvalue weighted by Crippen LogP contribution is 2.41. The molecule has 3 atom stereocenters. The van der Waals surface area contributed by atoms with Crippen molar-refractivity contribution in [3.05, 3.63) is 0 Å². The first-order valence-electron chi connectivity index (χ1n) is 8.35. The van der Waals surface area contributed by atoms with E-state index in [2.05, 4.69) is 40.4 Å². The zero-order valence-electron chi connectivity index (χ0n) is 13.5. The van der Waals surface area contributed by atoms with E-state index in [1.54, 1.807) is 0 Å². The van der Waals surface area contributed by atoms with Gasteiger partial charge in [-0.2, -0.15) is 0 Å². The van der Waals surface area contributed by atoms with Crippen molar-refractivity contribution in [3.8, 4) is 0 Å². The van der Waals surface area contributed by atoms with Gasteiger partial charge in [-0.15, -0.1) is 0 Å². The third kappa shape index (κ3) is 3.35. The molecule has 0 aromatic heterocycles. The van der Waals surface area contributed by atoms with Gasteiger partial charge in [0.05, 0.1) is 5.84 Å². The molecule has 2 fully saturated rings. The standard InChI is InChI=1S/C16H31BN2/c1-11(2)18-16-10-13-14(17)8-6-5-7-9-15(13)19(16)12(3)4/h11-15H,5-10,17H2,1-4H3/b18-16-. The molecule has 0 bridgehead atoms. The molecule has 0 aromatic rings. The van der Waals surface area contributed by atoms with Crippen LogP contribution >= 0.6 is 0 Å². The maximum absolute atomic E-state index is 4.94. The van der Waals surface area contributed by atoms with E-state index in [9.17, 15) is 0 Å². The smallest absolute Gasteiger partial charge is 0.105 e. The predicted molar refractivity (Wildman–Crippen MR) is 86.8 cm³/mol. The second kappa shape index (κ2) is 6.32. The zero-order valence-corrected chi connectivity index (χ0v) is 13.5. The number of hydrogen-bond acceptors (Lipinski definition) is 1. The molecule has 19 heavy (non-hydrogen) atoms. The minimum atomic E-state index is 0.427. The van der Waals surface area contributed by atoms with E-state index >= 15 is 0 Å². The molecule has 2 rings (SSSR count). The van der Waals surface area contributed by atoms with Crippen molar-refractivity contribution >= 4 is 13.7 Å². The fraction of sp³-hybridized carbons (Fsp3) is 0.938. The molecule has 3 unspecified atom stereocenters. The second-order valence-electron chi connectivity index (χ2n) is 7.19. The maximum Gasteiger partial charge on any atom is 0.105 e. The van der Waals surface area contributed by atoms with Crippen molar-refractivity contribution < 1.29 is 0 Å². The number of rotatable bonds is 2. The van der Waals surface area contributed by atoms with Gasteiger partial charge in [0.2, 0.25) is 0 Å². The summed E-state index contributed by atoms with van der Waals surface area (Å²) in [6.07, 6.45) is 8.29. The Bertz CT molecular complexity index is 325. The van der Waals surface area contributed by atoms with Crippen LogP contribution in [0.15, 0.2) is 4.99 Å². The molecule has 1 saturated carbocycles. The minimum Gasteiger partial charge on any atom is -0.355 e. The lowest BCUT2D eigenvalue weighted by Gasteiger charge is -2.36. The Morgan fingerprint density at radius 2 is 1.79 bits per heavy atom. The zero-order chi connectivity index (χ0) is 14.0. The van der Waals surface area contributed by atoms with Gasteiger partial charge in [0.25, 0.3) is 0 Å². The maximum atomic E-state index is 4.94. The first-order valence-corrected chi connectivity index (χ1v) is 8.35. The van der Waals surface area contributed by atoms with Crippen molar-refractivity contribution in [1.82, 2.24) is 4.90 Å². The highest BCUT2D eigenvalue weighted by Gasteiger charge is 2.41. The van der Waals surface area contributed by atoms with Crippen molar-refractivity contribution in [2.75, 3.05) is 0 Å². The van der Waals surface area contributed by atoms with Gasteiger partial charge in [-0.1, -0.05) is 31.5 Å². The Kier molecular flexibility index (Phi) is 4.97. The van der Waals surface area contributed by atoms with Crippen LogP contribution in [0.25, 0.3) is 0 Å². The molecule has 1 heterocycles. The van der Waals surface area contributed by atoms with Gasteiger partial charge in [0.15, 0.2) is 0 Å². The van der Waals surface area contributed by atoms with Crippen LogP contribution < -0.4 is 0 Å². The summed E-state index contributed by atoms with van der Waals surface area (Å²) in [5.41, 5.74) is 0. The van der Waals surface area contributed by atoms with Crippen LogP contribution in [0.3, 0.4) is 0 Å². The Balaban J connectivity index is 2.25. The fourth-order valence-electron chi connectivity index (χ4n) is 4.09. The molecule has 108 valence electrons. The van der Waals surface area contributed by atoms with E-state index in [1.165, 1.54) is 44.4 Å². The Hall–Kier alpha value is -0.465. The van der Waals surface area contributed by atoms with Gasteiger partial charge in [0.1, 0.15) is 7.85 Å². The lowest BCUT2D eigenvalue weighted by molar-refractivity contribution is 0.202. The summed E-state index contributed by atoms with van der Waals surface area (Å²) >= 11 is 0. The summed E-state index contributed by atoms with van der Waals surface area (Å²) in [4.78, 5) is 7.60. The largest absolute Gasteiger partial charge is 0.355 e. The molecule has 0 amide bonds. The van der Waals surface area contributed by atoms with E-state index in [1.807, 2.05) is 0 Å². The monoisotopic (exact) mass is 262 g/mol. The van der Waals surface area contributed by atoms with Gasteiger partial charge < -0.3 is 4.90 Å². The summed E-state index contributed by atoms with van der Waals surface area (Å²) in [5.74, 6) is 3.11. The van der Waals surface area contributed by atoms with E-state index in [0.29, 0.717) is 12.1 Å². The average Bonchev–Trinajstić information content (AvgIpc) is 2.63. The molecule has 0 N–H and O–H groups in total. The molecule has 0 radical (unpaired) electrons. The molecule has 0 aromatic carbocycles. The van der Waals surface area contributed by atoms with E-state index < -0.39 is 0 Å². The van der Waals surface area contributed by atoms with Crippen LogP contribution in [0.1, 0.15) is 66.2 Å². The highest BCUT2D eigenvalue weighted by atomic mass is 15.3. The summed E-state index contributed by atoms with van der Waals surface area (Å²) in [6.45, 7) is 9.08. The van der Waals surface area contributed by atoms with Gasteiger partial charge in [-0.05, 0) is 40.0 Å². The average molecular weight is 262 g/mol. The summed E-state index contributed by atoms with van der Waals surface area (Å²) in [6, 6.07) is 1.78. The molecule has 1 aliphatic heterocycles. The van der Waals surface area contributed by atoms with Crippen LogP contribution in [0, 0.1) is 5.92 Å². The van der Waals surface area contributed by atoms with Gasteiger partial charge in [-0.25, -0.2) is 0 Å². The van der Waals surface area contributed by atoms with Crippen LogP contribution in [0.5, 0.6) is 0 Å². The number of hydrogen-bond donors (Lipinski definition) is 0. The molecule has 1 aliphatic carbocycles. The van der Waals surface area contributed by atoms with E-state index in [4.69, 9.17) is 4.99 Å². The van der Waals surface area contributed by atoms with Crippen molar-refractivity contribution in [2.45, 2.75) is 90.2 Å². The third-order valence-corrected chi connectivity index (χ3v) is 4.92. The number of aliphatic imine (C=N–C) groups is 1. The first-order chi connectivity index (χ1) is 9.00. The Labute approximate surface area is 120 Å². The third-order valence-electron chi connectivity index (χ3n) is 4.92. The number of nitrogens with zero attached hydrogens (tertiary/aromatic N) is 2. The van der Waals surface area contributed by atoms with Crippen LogP contribution in [0.2, 0.25) is 5.82 Å². The number of fused-ring (bicyclic) bond motifs is 1. The van der Waals surface area contributed by atoms with Gasteiger partial charge >= 0.3 is 0 Å². The SMILES string of the molecule is BC1CCCCCC2C1C/C(=N/C(C)C)N2C(C)C. The topological polar surface area (TPSA) is 15.6 Å². The van der Waals surface area contributed by atoms with Crippen LogP contribution in [-0.4, -0.2) is 36.7 Å². The van der Waals surface area contributed by atoms with Gasteiger partial charge in [0, 0.05) is 24.5 Å². The van der Waals surface area contributed by atoms with Crippen molar-refractivity contribution in [2.24, 2.45) is 10.9 Å². The number of likely N-dealkylation sites (tertiary alicyclic amines) is 1. The van der Waals surface area contributed by atoms with Gasteiger partial charge in [-0.3, -0.25) is 4.99 Å². The molecule has 2 aliphatic rings. The van der Waals surface area contributed by atoms with Crippen LogP contribution in [0.4, 0.5) is 0 Å². The number of amidine groups is 1. The molecule has 3 heteroatoms. The summed E-state index contributed by atoms with van der Waals surface area (Å²) in [5, 5.41) is 0. The molecular weight excluding hydrogens is 231 g/mol.